The van der Waals surface area contributed by atoms with Gasteiger partial charge >= 0.3 is 0 Å². The summed E-state index contributed by atoms with van der Waals surface area (Å²) in [6, 6.07) is 0.00610. The highest BCUT2D eigenvalue weighted by molar-refractivity contribution is 5.80. The van der Waals surface area contributed by atoms with Gasteiger partial charge in [0.1, 0.15) is 0 Å². The van der Waals surface area contributed by atoms with Crippen molar-refractivity contribution >= 4 is 5.91 Å². The molecule has 106 valence electrons. The smallest absolute Gasteiger partial charge is 0.227 e. The van der Waals surface area contributed by atoms with E-state index < -0.39 is 5.54 Å². The van der Waals surface area contributed by atoms with Gasteiger partial charge in [-0.05, 0) is 19.9 Å². The molecule has 0 bridgehead atoms. The molecule has 0 radical (unpaired) electrons. The third kappa shape index (κ3) is 3.91. The van der Waals surface area contributed by atoms with Crippen LogP contribution in [0.3, 0.4) is 0 Å². The average Bonchev–Trinajstić information content (AvgIpc) is 2.84. The lowest BCUT2D eigenvalue weighted by molar-refractivity contribution is -0.128. The van der Waals surface area contributed by atoms with Gasteiger partial charge in [0.2, 0.25) is 5.91 Å². The number of aliphatic hydroxyl groups is 2. The molecule has 0 aromatic carbocycles. The van der Waals surface area contributed by atoms with Crippen LogP contribution >= 0.6 is 0 Å². The molecular weight excluding hydrogens is 236 g/mol. The van der Waals surface area contributed by atoms with Gasteiger partial charge in [-0.25, -0.2) is 0 Å². The number of carbonyl (C=O) groups excluding carboxylic acids is 1. The molecule has 0 aromatic rings. The Morgan fingerprint density at radius 2 is 2.06 bits per heavy atom. The topological polar surface area (TPSA) is 90.8 Å². The fourth-order valence-corrected chi connectivity index (χ4v) is 1.86. The zero-order chi connectivity index (χ0) is 13.6. The minimum absolute atomic E-state index is 0.00610. The standard InChI is InChI=1S/C12H24N2O4/c1-3-4-13-10-6-18-5-9(10)11(17)14-12(2,7-15)8-16/h9-10,13,15-16H,3-8H2,1-2H3,(H,14,17). The monoisotopic (exact) mass is 260 g/mol. The van der Waals surface area contributed by atoms with Gasteiger partial charge in [-0.2, -0.15) is 0 Å². The zero-order valence-electron chi connectivity index (χ0n) is 11.1. The Balaban J connectivity index is 2.54. The predicted molar refractivity (Wildman–Crippen MR) is 67.1 cm³/mol. The predicted octanol–water partition coefficient (Wildman–Crippen LogP) is -1.14. The average molecular weight is 260 g/mol. The van der Waals surface area contributed by atoms with Crippen LogP contribution in [0.15, 0.2) is 0 Å². The second-order valence-electron chi connectivity index (χ2n) is 5.07. The van der Waals surface area contributed by atoms with E-state index in [4.69, 9.17) is 14.9 Å². The molecule has 1 amide bonds. The van der Waals surface area contributed by atoms with Crippen molar-refractivity contribution in [2.75, 3.05) is 33.0 Å². The normalized spacial score (nSPS) is 24.2. The molecule has 1 heterocycles. The molecule has 1 aliphatic heterocycles. The van der Waals surface area contributed by atoms with Gasteiger partial charge in [0.25, 0.3) is 0 Å². The maximum absolute atomic E-state index is 12.1. The van der Waals surface area contributed by atoms with Crippen LogP contribution < -0.4 is 10.6 Å². The molecule has 2 unspecified atom stereocenters. The number of rotatable bonds is 7. The number of nitrogens with one attached hydrogen (secondary N) is 2. The molecule has 18 heavy (non-hydrogen) atoms. The van der Waals surface area contributed by atoms with Gasteiger partial charge < -0.3 is 25.6 Å². The first-order valence-electron chi connectivity index (χ1n) is 6.41. The summed E-state index contributed by atoms with van der Waals surface area (Å²) in [6.07, 6.45) is 0.996. The summed E-state index contributed by atoms with van der Waals surface area (Å²) in [5, 5.41) is 24.3. The first kappa shape index (κ1) is 15.4. The molecule has 0 aromatic heterocycles. The number of aliphatic hydroxyl groups excluding tert-OH is 2. The molecule has 6 nitrogen and oxygen atoms in total. The van der Waals surface area contributed by atoms with E-state index in [0.717, 1.165) is 13.0 Å². The SMILES string of the molecule is CCCNC1COCC1C(=O)NC(C)(CO)CO. The van der Waals surface area contributed by atoms with Crippen molar-refractivity contribution in [2.45, 2.75) is 31.8 Å². The van der Waals surface area contributed by atoms with Gasteiger partial charge in [0.15, 0.2) is 0 Å². The third-order valence-electron chi connectivity index (χ3n) is 3.20. The maximum Gasteiger partial charge on any atom is 0.227 e. The van der Waals surface area contributed by atoms with Crippen LogP contribution in [0.5, 0.6) is 0 Å². The molecule has 0 aliphatic carbocycles. The number of amides is 1. The van der Waals surface area contributed by atoms with Crippen LogP contribution in [-0.4, -0.2) is 60.7 Å². The van der Waals surface area contributed by atoms with Crippen molar-refractivity contribution in [3.63, 3.8) is 0 Å². The molecule has 4 N–H and O–H groups in total. The lowest BCUT2D eigenvalue weighted by Crippen LogP contribution is -2.56. The van der Waals surface area contributed by atoms with Crippen molar-refractivity contribution in [1.29, 1.82) is 0 Å². The molecule has 1 saturated heterocycles. The summed E-state index contributed by atoms with van der Waals surface area (Å²) in [5.41, 5.74) is -0.977. The largest absolute Gasteiger partial charge is 0.394 e. The van der Waals surface area contributed by atoms with Crippen LogP contribution in [-0.2, 0) is 9.53 Å². The van der Waals surface area contributed by atoms with Crippen LogP contribution in [0.4, 0.5) is 0 Å². The van der Waals surface area contributed by atoms with E-state index in [-0.39, 0.29) is 31.1 Å². The highest BCUT2D eigenvalue weighted by atomic mass is 16.5. The molecule has 0 saturated carbocycles. The van der Waals surface area contributed by atoms with E-state index in [0.29, 0.717) is 13.2 Å². The van der Waals surface area contributed by atoms with E-state index in [9.17, 15) is 4.79 Å². The Morgan fingerprint density at radius 3 is 2.61 bits per heavy atom. The van der Waals surface area contributed by atoms with Crippen molar-refractivity contribution < 1.29 is 19.7 Å². The molecule has 2 atom stereocenters. The Labute approximate surface area is 108 Å². The van der Waals surface area contributed by atoms with Crippen LogP contribution in [0.25, 0.3) is 0 Å². The summed E-state index contributed by atoms with van der Waals surface area (Å²) in [7, 11) is 0. The summed E-state index contributed by atoms with van der Waals surface area (Å²) in [4.78, 5) is 12.1. The molecular formula is C12H24N2O4. The van der Waals surface area contributed by atoms with Gasteiger partial charge in [0.05, 0.1) is 37.9 Å². The van der Waals surface area contributed by atoms with Gasteiger partial charge in [0, 0.05) is 6.04 Å². The Kier molecular flexibility index (Phi) is 6.01. The first-order valence-corrected chi connectivity index (χ1v) is 6.41. The number of hydrogen-bond acceptors (Lipinski definition) is 5. The first-order chi connectivity index (χ1) is 8.56. The van der Waals surface area contributed by atoms with E-state index in [1.807, 2.05) is 0 Å². The third-order valence-corrected chi connectivity index (χ3v) is 3.20. The molecule has 6 heteroatoms. The number of hydrogen-bond donors (Lipinski definition) is 4. The van der Waals surface area contributed by atoms with Gasteiger partial charge in [-0.15, -0.1) is 0 Å². The molecule has 0 spiro atoms. The van der Waals surface area contributed by atoms with E-state index >= 15 is 0 Å². The van der Waals surface area contributed by atoms with Gasteiger partial charge in [-0.1, -0.05) is 6.92 Å². The second-order valence-corrected chi connectivity index (χ2v) is 5.07. The number of carbonyl (C=O) groups is 1. The minimum Gasteiger partial charge on any atom is -0.394 e. The van der Waals surface area contributed by atoms with Crippen molar-refractivity contribution in [2.24, 2.45) is 5.92 Å². The quantitative estimate of drug-likeness (QED) is 0.464. The maximum atomic E-state index is 12.1. The van der Waals surface area contributed by atoms with E-state index in [1.54, 1.807) is 6.92 Å². The Morgan fingerprint density at radius 1 is 1.39 bits per heavy atom. The summed E-state index contributed by atoms with van der Waals surface area (Å²) in [5.74, 6) is -0.458. The van der Waals surface area contributed by atoms with Crippen molar-refractivity contribution in [3.05, 3.63) is 0 Å². The lowest BCUT2D eigenvalue weighted by Gasteiger charge is -2.29. The summed E-state index contributed by atoms with van der Waals surface area (Å²) < 4.78 is 5.32. The zero-order valence-corrected chi connectivity index (χ0v) is 11.1. The molecule has 1 aliphatic rings. The van der Waals surface area contributed by atoms with E-state index in [1.165, 1.54) is 0 Å². The molecule has 1 fully saturated rings. The summed E-state index contributed by atoms with van der Waals surface area (Å²) in [6.45, 7) is 4.82. The van der Waals surface area contributed by atoms with E-state index in [2.05, 4.69) is 17.6 Å². The Hall–Kier alpha value is -0.690. The molecule has 1 rings (SSSR count). The van der Waals surface area contributed by atoms with Crippen LogP contribution in [0.1, 0.15) is 20.3 Å². The minimum atomic E-state index is -0.977. The van der Waals surface area contributed by atoms with Crippen molar-refractivity contribution in [3.8, 4) is 0 Å². The highest BCUT2D eigenvalue weighted by Crippen LogP contribution is 2.15. The number of ether oxygens (including phenoxy) is 1. The fraction of sp³-hybridized carbons (Fsp3) is 0.917. The van der Waals surface area contributed by atoms with Gasteiger partial charge in [-0.3, -0.25) is 4.79 Å². The Bertz CT molecular complexity index is 269. The van der Waals surface area contributed by atoms with Crippen LogP contribution in [0.2, 0.25) is 0 Å². The summed E-state index contributed by atoms with van der Waals surface area (Å²) >= 11 is 0. The van der Waals surface area contributed by atoms with Crippen LogP contribution in [0, 0.1) is 5.92 Å². The lowest BCUT2D eigenvalue weighted by atomic mass is 9.99. The fourth-order valence-electron chi connectivity index (χ4n) is 1.86. The highest BCUT2D eigenvalue weighted by Gasteiger charge is 2.36. The van der Waals surface area contributed by atoms with Crippen molar-refractivity contribution in [1.82, 2.24) is 10.6 Å². The second kappa shape index (κ2) is 7.04.